The van der Waals surface area contributed by atoms with Gasteiger partial charge >= 0.3 is 0 Å². The van der Waals surface area contributed by atoms with Crippen LogP contribution in [0.25, 0.3) is 0 Å². The smallest absolute Gasteiger partial charge is 0.146 e. The molecule has 1 atom stereocenters. The fourth-order valence-electron chi connectivity index (χ4n) is 2.38. The molecule has 0 bridgehead atoms. The normalized spacial score (nSPS) is 12.2. The summed E-state index contributed by atoms with van der Waals surface area (Å²) in [5.41, 5.74) is 2.22. The molecule has 2 aromatic rings. The zero-order valence-corrected chi connectivity index (χ0v) is 11.9. The first-order valence-electron chi connectivity index (χ1n) is 6.98. The number of benzene rings is 2. The minimum Gasteiger partial charge on any atom is -0.388 e. The second kappa shape index (κ2) is 6.53. The third-order valence-corrected chi connectivity index (χ3v) is 3.43. The van der Waals surface area contributed by atoms with E-state index in [4.69, 9.17) is 0 Å². The van der Waals surface area contributed by atoms with Gasteiger partial charge in [-0.2, -0.15) is 0 Å². The van der Waals surface area contributed by atoms with Crippen LogP contribution in [0, 0.1) is 5.82 Å². The van der Waals surface area contributed by atoms with Crippen molar-refractivity contribution in [1.82, 2.24) is 0 Å². The zero-order valence-electron chi connectivity index (χ0n) is 11.9. The van der Waals surface area contributed by atoms with Crippen LogP contribution in [0.2, 0.25) is 0 Å². The van der Waals surface area contributed by atoms with Crippen molar-refractivity contribution in [2.24, 2.45) is 0 Å². The quantitative estimate of drug-likeness (QED) is 0.871. The minimum atomic E-state index is -0.535. The summed E-state index contributed by atoms with van der Waals surface area (Å²) in [5, 5.41) is 10.2. The first kappa shape index (κ1) is 14.5. The largest absolute Gasteiger partial charge is 0.388 e. The number of aliphatic hydroxyl groups excluding tert-OH is 1. The average molecular weight is 273 g/mol. The van der Waals surface area contributed by atoms with Gasteiger partial charge in [0.25, 0.3) is 0 Å². The summed E-state index contributed by atoms with van der Waals surface area (Å²) in [7, 11) is 0. The van der Waals surface area contributed by atoms with E-state index in [0.29, 0.717) is 18.7 Å². The molecule has 0 aliphatic rings. The van der Waals surface area contributed by atoms with Crippen LogP contribution >= 0.6 is 0 Å². The molecule has 0 spiro atoms. The topological polar surface area (TPSA) is 23.5 Å². The van der Waals surface area contributed by atoms with Crippen LogP contribution in [-0.2, 0) is 0 Å². The summed E-state index contributed by atoms with van der Waals surface area (Å²) in [4.78, 5) is 1.89. The van der Waals surface area contributed by atoms with Crippen LogP contribution in [-0.4, -0.2) is 11.7 Å². The van der Waals surface area contributed by atoms with Gasteiger partial charge in [0.05, 0.1) is 11.8 Å². The van der Waals surface area contributed by atoms with E-state index < -0.39 is 6.10 Å². The van der Waals surface area contributed by atoms with Crippen LogP contribution in [0.3, 0.4) is 0 Å². The van der Waals surface area contributed by atoms with Crippen LogP contribution in [0.4, 0.5) is 15.8 Å². The Morgan fingerprint density at radius 3 is 2.20 bits per heavy atom. The number of hydrogen-bond donors (Lipinski definition) is 1. The average Bonchev–Trinajstić information content (AvgIpc) is 2.49. The van der Waals surface area contributed by atoms with Crippen molar-refractivity contribution in [3.05, 3.63) is 59.9 Å². The molecule has 0 aromatic heterocycles. The lowest BCUT2D eigenvalue weighted by atomic mass is 10.0. The summed E-state index contributed by atoms with van der Waals surface area (Å²) in [6.07, 6.45) is 0.0956. The monoisotopic (exact) mass is 273 g/mol. The first-order chi connectivity index (χ1) is 9.69. The summed E-state index contributed by atoms with van der Waals surface area (Å²) >= 11 is 0. The molecule has 20 heavy (non-hydrogen) atoms. The SMILES string of the molecule is CC[C@@H](O)c1ccccc1N(CC)c1ccccc1F. The van der Waals surface area contributed by atoms with E-state index >= 15 is 0 Å². The lowest BCUT2D eigenvalue weighted by Crippen LogP contribution is -2.19. The number of nitrogens with zero attached hydrogens (tertiary/aromatic N) is 1. The Morgan fingerprint density at radius 1 is 1.00 bits per heavy atom. The third kappa shape index (κ3) is 2.83. The van der Waals surface area contributed by atoms with E-state index in [1.165, 1.54) is 6.07 Å². The lowest BCUT2D eigenvalue weighted by molar-refractivity contribution is 0.174. The van der Waals surface area contributed by atoms with E-state index in [1.54, 1.807) is 12.1 Å². The van der Waals surface area contributed by atoms with Crippen LogP contribution in [0.1, 0.15) is 31.9 Å². The molecule has 0 heterocycles. The molecule has 2 aromatic carbocycles. The van der Waals surface area contributed by atoms with Crippen LogP contribution in [0.15, 0.2) is 48.5 Å². The molecule has 0 saturated carbocycles. The molecule has 3 heteroatoms. The Kier molecular flexibility index (Phi) is 4.74. The predicted molar refractivity (Wildman–Crippen MR) is 80.8 cm³/mol. The summed E-state index contributed by atoms with van der Waals surface area (Å²) < 4.78 is 14.0. The van der Waals surface area contributed by atoms with Crippen LogP contribution in [0.5, 0.6) is 0 Å². The van der Waals surface area contributed by atoms with Crippen molar-refractivity contribution >= 4 is 11.4 Å². The van der Waals surface area contributed by atoms with Crippen molar-refractivity contribution in [1.29, 1.82) is 0 Å². The fraction of sp³-hybridized carbons (Fsp3) is 0.294. The number of rotatable bonds is 5. The van der Waals surface area contributed by atoms with E-state index in [1.807, 2.05) is 49.1 Å². The van der Waals surface area contributed by atoms with E-state index in [-0.39, 0.29) is 5.82 Å². The lowest BCUT2D eigenvalue weighted by Gasteiger charge is -2.27. The molecule has 106 valence electrons. The number of halogens is 1. The molecule has 0 aliphatic heterocycles. The summed E-state index contributed by atoms with van der Waals surface area (Å²) in [5.74, 6) is -0.254. The van der Waals surface area contributed by atoms with E-state index in [2.05, 4.69) is 0 Å². The second-order valence-corrected chi connectivity index (χ2v) is 4.68. The van der Waals surface area contributed by atoms with Gasteiger partial charge in [0, 0.05) is 17.8 Å². The first-order valence-corrected chi connectivity index (χ1v) is 6.98. The van der Waals surface area contributed by atoms with Crippen molar-refractivity contribution in [2.45, 2.75) is 26.4 Å². The molecule has 0 saturated heterocycles. The van der Waals surface area contributed by atoms with Gasteiger partial charge in [-0.05, 0) is 31.5 Å². The van der Waals surface area contributed by atoms with E-state index in [9.17, 15) is 9.50 Å². The highest BCUT2D eigenvalue weighted by molar-refractivity contribution is 5.67. The molecule has 0 unspecified atom stereocenters. The van der Waals surface area contributed by atoms with E-state index in [0.717, 1.165) is 11.3 Å². The molecular formula is C17H20FNO. The number of anilines is 2. The summed E-state index contributed by atoms with van der Waals surface area (Å²) in [6.45, 7) is 4.54. The van der Waals surface area contributed by atoms with Gasteiger partial charge < -0.3 is 10.0 Å². The molecule has 2 nitrogen and oxygen atoms in total. The molecule has 2 rings (SSSR count). The minimum absolute atomic E-state index is 0.254. The Bertz CT molecular complexity index is 570. The third-order valence-electron chi connectivity index (χ3n) is 3.43. The number of para-hydroxylation sites is 2. The molecule has 1 N–H and O–H groups in total. The Hall–Kier alpha value is -1.87. The highest BCUT2D eigenvalue weighted by Gasteiger charge is 2.17. The van der Waals surface area contributed by atoms with Crippen molar-refractivity contribution in [3.8, 4) is 0 Å². The standard InChI is InChI=1S/C17H20FNO/c1-3-17(20)13-9-5-7-11-15(13)19(4-2)16-12-8-6-10-14(16)18/h5-12,17,20H,3-4H2,1-2H3/t17-/m1/s1. The maximum atomic E-state index is 14.0. The molecule has 0 amide bonds. The number of hydrogen-bond acceptors (Lipinski definition) is 2. The van der Waals surface area contributed by atoms with Gasteiger partial charge in [0.1, 0.15) is 5.82 Å². The highest BCUT2D eigenvalue weighted by atomic mass is 19.1. The Balaban J connectivity index is 2.50. The fourth-order valence-corrected chi connectivity index (χ4v) is 2.38. The van der Waals surface area contributed by atoms with Crippen LogP contribution < -0.4 is 4.90 Å². The van der Waals surface area contributed by atoms with Gasteiger partial charge in [-0.25, -0.2) is 4.39 Å². The van der Waals surface area contributed by atoms with Gasteiger partial charge in [0.2, 0.25) is 0 Å². The molecular weight excluding hydrogens is 253 g/mol. The van der Waals surface area contributed by atoms with Crippen molar-refractivity contribution in [2.75, 3.05) is 11.4 Å². The Morgan fingerprint density at radius 2 is 1.60 bits per heavy atom. The molecule has 0 fully saturated rings. The van der Waals surface area contributed by atoms with Gasteiger partial charge in [-0.3, -0.25) is 0 Å². The van der Waals surface area contributed by atoms with Gasteiger partial charge in [-0.15, -0.1) is 0 Å². The highest BCUT2D eigenvalue weighted by Crippen LogP contribution is 2.33. The molecule has 0 radical (unpaired) electrons. The Labute approximate surface area is 119 Å². The maximum Gasteiger partial charge on any atom is 0.146 e. The van der Waals surface area contributed by atoms with Gasteiger partial charge in [-0.1, -0.05) is 37.3 Å². The maximum absolute atomic E-state index is 14.0. The molecule has 0 aliphatic carbocycles. The van der Waals surface area contributed by atoms with Crippen molar-refractivity contribution < 1.29 is 9.50 Å². The number of aliphatic hydroxyl groups is 1. The van der Waals surface area contributed by atoms with Crippen molar-refractivity contribution in [3.63, 3.8) is 0 Å². The predicted octanol–water partition coefficient (Wildman–Crippen LogP) is 4.43. The zero-order chi connectivity index (χ0) is 14.5. The summed E-state index contributed by atoms with van der Waals surface area (Å²) in [6, 6.07) is 14.3. The van der Waals surface area contributed by atoms with Gasteiger partial charge in [0.15, 0.2) is 0 Å². The second-order valence-electron chi connectivity index (χ2n) is 4.68.